The molecule has 5 heterocycles. The zero-order valence-electron chi connectivity index (χ0n) is 24.1. The summed E-state index contributed by atoms with van der Waals surface area (Å²) >= 11 is 0. The predicted molar refractivity (Wildman–Crippen MR) is 148 cm³/mol. The van der Waals surface area contributed by atoms with E-state index in [9.17, 15) is 24.6 Å². The molecular formula is C27H39N9O6+2. The summed E-state index contributed by atoms with van der Waals surface area (Å²) in [5, 5.41) is 32.5. The number of fused-ring (bicyclic) bond motifs is 1. The standard InChI is InChI=1S/C27H37N9O6/c1-13(2)34-12-18(37)35(24(34)39)10-16-20-26(33-22(28)32-20)27(40,41)17(11-36(26)23(29)30-16)31-21(38)14-6-5-7-15-19(14)42-9-8-25(15,3)4/h5-7,13,16-17,20,40-41H,8-12H2,1-4H3,(H6,28,29,30,31,32,33,38)/p+2/t16-,17?,20-,26?/m0/s1. The Balaban J connectivity index is 1.30. The number of benzene rings is 1. The first-order valence-electron chi connectivity index (χ1n) is 14.2. The van der Waals surface area contributed by atoms with E-state index in [4.69, 9.17) is 16.2 Å². The number of carbonyl (C=O) groups is 3. The van der Waals surface area contributed by atoms with Crippen molar-refractivity contribution in [1.29, 1.82) is 0 Å². The Morgan fingerprint density at radius 1 is 1.29 bits per heavy atom. The van der Waals surface area contributed by atoms with Gasteiger partial charge in [-0.15, -0.1) is 0 Å². The number of hydrogen-bond acceptors (Lipinski definition) is 10. The number of urea groups is 1. The van der Waals surface area contributed by atoms with Gasteiger partial charge in [0.25, 0.3) is 17.4 Å². The highest BCUT2D eigenvalue weighted by molar-refractivity contribution is 6.02. The van der Waals surface area contributed by atoms with Gasteiger partial charge in [0.05, 0.1) is 25.3 Å². The van der Waals surface area contributed by atoms with Crippen LogP contribution in [0.15, 0.2) is 18.2 Å². The number of hydrogen-bond donors (Lipinski definition) is 8. The maximum Gasteiger partial charge on any atom is 0.347 e. The van der Waals surface area contributed by atoms with Crippen molar-refractivity contribution in [2.45, 2.75) is 75.1 Å². The first kappa shape index (κ1) is 28.0. The van der Waals surface area contributed by atoms with Gasteiger partial charge in [0.15, 0.2) is 6.04 Å². The predicted octanol–water partition coefficient (Wildman–Crippen LogP) is -4.43. The molecule has 1 aromatic carbocycles. The van der Waals surface area contributed by atoms with Crippen molar-refractivity contribution in [3.8, 4) is 5.75 Å². The topological polar surface area (TPSA) is 212 Å². The minimum absolute atomic E-state index is 0.0431. The average molecular weight is 586 g/mol. The van der Waals surface area contributed by atoms with Gasteiger partial charge in [-0.05, 0) is 31.7 Å². The molecule has 5 aliphatic rings. The lowest BCUT2D eigenvalue weighted by Gasteiger charge is -2.41. The fourth-order valence-electron chi connectivity index (χ4n) is 6.92. The van der Waals surface area contributed by atoms with Crippen molar-refractivity contribution in [1.82, 2.24) is 25.8 Å². The van der Waals surface area contributed by atoms with E-state index < -0.39 is 41.5 Å². The third-order valence-corrected chi connectivity index (χ3v) is 9.30. The van der Waals surface area contributed by atoms with Crippen LogP contribution in [-0.4, -0.2) is 116 Å². The molecule has 5 aliphatic heterocycles. The molecule has 0 saturated carbocycles. The number of rotatable bonds is 5. The molecule has 0 aliphatic carbocycles. The Bertz CT molecular complexity index is 1440. The number of imide groups is 1. The molecule has 226 valence electrons. The lowest BCUT2D eigenvalue weighted by atomic mass is 9.79. The van der Waals surface area contributed by atoms with E-state index in [-0.39, 0.29) is 54.5 Å². The van der Waals surface area contributed by atoms with Crippen molar-refractivity contribution in [3.05, 3.63) is 29.3 Å². The Morgan fingerprint density at radius 3 is 2.71 bits per heavy atom. The number of guanidine groups is 2. The highest BCUT2D eigenvalue weighted by Gasteiger charge is 2.78. The number of amides is 4. The van der Waals surface area contributed by atoms with E-state index in [0.29, 0.717) is 12.4 Å². The summed E-state index contributed by atoms with van der Waals surface area (Å²) in [5.74, 6) is -2.96. The summed E-state index contributed by atoms with van der Waals surface area (Å²) in [6, 6.07) is 1.85. The van der Waals surface area contributed by atoms with E-state index in [1.807, 2.05) is 19.9 Å². The van der Waals surface area contributed by atoms with Crippen LogP contribution in [0.1, 0.15) is 50.0 Å². The van der Waals surface area contributed by atoms with Crippen LogP contribution < -0.4 is 37.1 Å². The number of nitrogens with two attached hydrogens (primary N) is 2. The van der Waals surface area contributed by atoms with E-state index in [2.05, 4.69) is 34.8 Å². The van der Waals surface area contributed by atoms with E-state index in [0.717, 1.165) is 16.9 Å². The van der Waals surface area contributed by atoms with Crippen LogP contribution in [-0.2, 0) is 10.2 Å². The largest absolute Gasteiger partial charge is 0.492 e. The SMILES string of the molecule is CC(C)N1CC(=O)N(C[C@@H]2NC(N)=[N+]3CC(NC(=O)c4cccc5c4OCCC5(C)C)C(O)(O)C34NC(N)=[NH+][C@@H]24)C1=O. The summed E-state index contributed by atoms with van der Waals surface area (Å²) in [6.45, 7) is 8.02. The summed E-state index contributed by atoms with van der Waals surface area (Å²) < 4.78 is 7.40. The highest BCUT2D eigenvalue weighted by atomic mass is 16.5. The van der Waals surface area contributed by atoms with E-state index >= 15 is 0 Å². The number of para-hydroxylation sites is 1. The Hall–Kier alpha value is -4.11. The first-order valence-corrected chi connectivity index (χ1v) is 14.2. The van der Waals surface area contributed by atoms with Gasteiger partial charge >= 0.3 is 18.0 Å². The van der Waals surface area contributed by atoms with Crippen molar-refractivity contribution >= 4 is 29.8 Å². The summed E-state index contributed by atoms with van der Waals surface area (Å²) in [4.78, 5) is 45.0. The second-order valence-electron chi connectivity index (χ2n) is 12.6. The van der Waals surface area contributed by atoms with Crippen LogP contribution in [0.2, 0.25) is 0 Å². The van der Waals surface area contributed by atoms with Gasteiger partial charge in [0, 0.05) is 11.6 Å². The van der Waals surface area contributed by atoms with Crippen LogP contribution in [0.25, 0.3) is 0 Å². The molecule has 15 nitrogen and oxygen atoms in total. The molecule has 1 aromatic rings. The molecule has 0 aromatic heterocycles. The molecule has 4 amide bonds. The molecule has 10 N–H and O–H groups in total. The number of aliphatic hydroxyl groups is 2. The van der Waals surface area contributed by atoms with Gasteiger partial charge in [0.2, 0.25) is 5.91 Å². The third-order valence-electron chi connectivity index (χ3n) is 9.30. The summed E-state index contributed by atoms with van der Waals surface area (Å²) in [6.07, 6.45) is 0.799. The lowest BCUT2D eigenvalue weighted by Crippen LogP contribution is -2.92. The van der Waals surface area contributed by atoms with Crippen molar-refractivity contribution in [2.24, 2.45) is 11.5 Å². The molecule has 6 rings (SSSR count). The van der Waals surface area contributed by atoms with Crippen molar-refractivity contribution < 1.29 is 38.9 Å². The quantitative estimate of drug-likeness (QED) is 0.0944. The molecule has 0 bridgehead atoms. The molecule has 1 spiro atoms. The zero-order valence-corrected chi connectivity index (χ0v) is 24.1. The minimum atomic E-state index is -2.62. The summed E-state index contributed by atoms with van der Waals surface area (Å²) in [7, 11) is 0. The minimum Gasteiger partial charge on any atom is -0.492 e. The monoisotopic (exact) mass is 585 g/mol. The average Bonchev–Trinajstić information content (AvgIpc) is 3.49. The van der Waals surface area contributed by atoms with Crippen LogP contribution in [0.3, 0.4) is 0 Å². The number of ether oxygens (including phenoxy) is 1. The Kier molecular flexibility index (Phi) is 6.14. The van der Waals surface area contributed by atoms with Gasteiger partial charge in [0.1, 0.15) is 24.4 Å². The smallest absolute Gasteiger partial charge is 0.347 e. The van der Waals surface area contributed by atoms with Crippen LogP contribution in [0.5, 0.6) is 5.75 Å². The maximum atomic E-state index is 13.6. The van der Waals surface area contributed by atoms with Crippen molar-refractivity contribution in [3.63, 3.8) is 0 Å². The van der Waals surface area contributed by atoms with Crippen LogP contribution in [0.4, 0.5) is 4.79 Å². The normalized spacial score (nSPS) is 30.7. The zero-order chi connectivity index (χ0) is 30.4. The van der Waals surface area contributed by atoms with Gasteiger partial charge in [-0.3, -0.25) is 36.3 Å². The molecule has 15 heteroatoms. The Labute approximate surface area is 242 Å². The molecule has 2 saturated heterocycles. The van der Waals surface area contributed by atoms with Gasteiger partial charge < -0.3 is 25.2 Å². The van der Waals surface area contributed by atoms with E-state index in [1.165, 1.54) is 9.48 Å². The Morgan fingerprint density at radius 2 is 2.02 bits per heavy atom. The lowest BCUT2D eigenvalue weighted by molar-refractivity contribution is -0.674. The molecule has 0 radical (unpaired) electrons. The first-order chi connectivity index (χ1) is 19.7. The van der Waals surface area contributed by atoms with Crippen LogP contribution >= 0.6 is 0 Å². The molecule has 2 unspecified atom stereocenters. The van der Waals surface area contributed by atoms with Crippen LogP contribution in [0, 0.1) is 0 Å². The second-order valence-corrected chi connectivity index (χ2v) is 12.6. The summed E-state index contributed by atoms with van der Waals surface area (Å²) in [5.41, 5.74) is 11.8. The molecule has 4 atom stereocenters. The second kappa shape index (κ2) is 9.19. The molecule has 42 heavy (non-hydrogen) atoms. The number of nitrogens with zero attached hydrogens (tertiary/aromatic N) is 3. The maximum absolute atomic E-state index is 13.6. The van der Waals surface area contributed by atoms with Gasteiger partial charge in [-0.1, -0.05) is 26.0 Å². The third kappa shape index (κ3) is 3.82. The van der Waals surface area contributed by atoms with Gasteiger partial charge in [-0.25, -0.2) is 14.7 Å². The fraction of sp³-hybridized carbons (Fsp3) is 0.593. The molecular weight excluding hydrogens is 546 g/mol. The molecule has 2 fully saturated rings. The van der Waals surface area contributed by atoms with E-state index in [1.54, 1.807) is 12.1 Å². The number of nitrogens with one attached hydrogen (secondary N) is 4. The number of carbonyl (C=O) groups excluding carboxylic acids is 3. The van der Waals surface area contributed by atoms with Crippen molar-refractivity contribution in [2.75, 3.05) is 26.2 Å². The highest BCUT2D eigenvalue weighted by Crippen LogP contribution is 2.41. The fourth-order valence-corrected chi connectivity index (χ4v) is 6.92. The van der Waals surface area contributed by atoms with Gasteiger partial charge in [-0.2, -0.15) is 0 Å².